The Bertz CT molecular complexity index is 1160. The van der Waals surface area contributed by atoms with Crippen LogP contribution >= 0.6 is 0 Å². The number of H-pyrrole nitrogens is 1. The van der Waals surface area contributed by atoms with Crippen LogP contribution in [-0.4, -0.2) is 59.1 Å². The van der Waals surface area contributed by atoms with E-state index in [0.717, 1.165) is 17.5 Å². The van der Waals surface area contributed by atoms with Gasteiger partial charge in [-0.25, -0.2) is 0 Å². The molecule has 0 spiro atoms. The van der Waals surface area contributed by atoms with Crippen molar-refractivity contribution in [2.24, 2.45) is 0 Å². The fourth-order valence-corrected chi connectivity index (χ4v) is 4.43. The summed E-state index contributed by atoms with van der Waals surface area (Å²) in [5.41, 5.74) is 3.21. The normalized spacial score (nSPS) is 14.9. The van der Waals surface area contributed by atoms with Gasteiger partial charge < -0.3 is 24.2 Å². The number of rotatable bonds is 12. The molecular weight excluding hydrogens is 446 g/mol. The van der Waals surface area contributed by atoms with E-state index in [-0.39, 0.29) is 11.7 Å². The minimum atomic E-state index is -0.396. The molecule has 3 aromatic rings. The molecule has 4 rings (SSSR count). The number of hydrogen-bond acceptors (Lipinski definition) is 6. The second-order valence-corrected chi connectivity index (χ2v) is 8.32. The average Bonchev–Trinajstić information content (AvgIpc) is 3.40. The van der Waals surface area contributed by atoms with Crippen LogP contribution in [-0.2, 0) is 4.74 Å². The number of aromatic amines is 1. The Hall–Kier alpha value is -3.52. The zero-order chi connectivity index (χ0) is 24.8. The van der Waals surface area contributed by atoms with Crippen molar-refractivity contribution in [1.29, 1.82) is 0 Å². The van der Waals surface area contributed by atoms with Crippen molar-refractivity contribution in [3.05, 3.63) is 59.3 Å². The Labute approximate surface area is 205 Å². The van der Waals surface area contributed by atoms with Crippen LogP contribution in [0.1, 0.15) is 61.3 Å². The molecule has 0 unspecified atom stereocenters. The van der Waals surface area contributed by atoms with Crippen LogP contribution in [0.3, 0.4) is 0 Å². The number of aromatic hydroxyl groups is 1. The summed E-state index contributed by atoms with van der Waals surface area (Å²) in [6.45, 7) is 8.75. The highest BCUT2D eigenvalue weighted by Gasteiger charge is 2.42. The van der Waals surface area contributed by atoms with Crippen molar-refractivity contribution in [2.75, 3.05) is 33.0 Å². The topological polar surface area (TPSA) is 96.9 Å². The third-order valence-electron chi connectivity index (χ3n) is 5.96. The molecule has 0 saturated heterocycles. The number of benzene rings is 2. The molecule has 2 N–H and O–H groups in total. The van der Waals surface area contributed by atoms with Crippen LogP contribution in [0.5, 0.6) is 17.2 Å². The first-order valence-electron chi connectivity index (χ1n) is 12.2. The Morgan fingerprint density at radius 1 is 1.03 bits per heavy atom. The van der Waals surface area contributed by atoms with E-state index in [2.05, 4.69) is 17.1 Å². The highest BCUT2D eigenvalue weighted by atomic mass is 16.5. The molecule has 35 heavy (non-hydrogen) atoms. The van der Waals surface area contributed by atoms with E-state index in [1.807, 2.05) is 43.0 Å². The van der Waals surface area contributed by atoms with E-state index >= 15 is 0 Å². The molecule has 1 aliphatic rings. The first kappa shape index (κ1) is 24.6. The summed E-state index contributed by atoms with van der Waals surface area (Å²) in [6.07, 6.45) is 1.59. The van der Waals surface area contributed by atoms with Gasteiger partial charge in [0.25, 0.3) is 5.91 Å². The number of hydrogen-bond donors (Lipinski definition) is 2. The molecule has 0 radical (unpaired) electrons. The number of carbonyl (C=O) groups is 1. The number of para-hydroxylation sites is 1. The zero-order valence-corrected chi connectivity index (χ0v) is 20.5. The maximum absolute atomic E-state index is 13.5. The van der Waals surface area contributed by atoms with Crippen molar-refractivity contribution < 1.29 is 24.1 Å². The monoisotopic (exact) mass is 479 g/mol. The number of nitrogens with one attached hydrogen (secondary N) is 1. The predicted octanol–water partition coefficient (Wildman–Crippen LogP) is 4.94. The van der Waals surface area contributed by atoms with Gasteiger partial charge in [0, 0.05) is 30.9 Å². The molecule has 0 fully saturated rings. The molecule has 0 aliphatic carbocycles. The molecule has 0 saturated carbocycles. The number of phenols is 1. The van der Waals surface area contributed by atoms with E-state index in [1.165, 1.54) is 0 Å². The summed E-state index contributed by atoms with van der Waals surface area (Å²) in [6, 6.07) is 12.4. The number of carbonyl (C=O) groups excluding carboxylic acids is 1. The first-order valence-corrected chi connectivity index (χ1v) is 12.2. The van der Waals surface area contributed by atoms with Crippen molar-refractivity contribution in [1.82, 2.24) is 15.1 Å². The molecule has 8 nitrogen and oxygen atoms in total. The Kier molecular flexibility index (Phi) is 7.92. The predicted molar refractivity (Wildman–Crippen MR) is 133 cm³/mol. The second-order valence-electron chi connectivity index (χ2n) is 8.32. The van der Waals surface area contributed by atoms with Gasteiger partial charge in [0.15, 0.2) is 11.5 Å². The third kappa shape index (κ3) is 4.98. The van der Waals surface area contributed by atoms with Crippen molar-refractivity contribution >= 4 is 5.91 Å². The number of aromatic nitrogens is 2. The van der Waals surface area contributed by atoms with Gasteiger partial charge in [0.2, 0.25) is 0 Å². The quantitative estimate of drug-likeness (QED) is 0.357. The highest BCUT2D eigenvalue weighted by Crippen LogP contribution is 2.45. The Balaban J connectivity index is 1.79. The summed E-state index contributed by atoms with van der Waals surface area (Å²) in [5, 5.41) is 17.9. The second kappa shape index (κ2) is 11.3. The van der Waals surface area contributed by atoms with Gasteiger partial charge >= 0.3 is 0 Å². The van der Waals surface area contributed by atoms with E-state index in [4.69, 9.17) is 14.2 Å². The minimum absolute atomic E-state index is 0.112. The zero-order valence-electron chi connectivity index (χ0n) is 20.5. The SMILES string of the molecule is CCCOc1ccc([C@H]2c3c(-c4ccccc4O)n[nH]c3C(=O)N2CCCOCC)cc1OCC. The standard InChI is InChI=1S/C27H33N3O5/c1-4-15-35-21-13-12-18(17-22(21)34-6-3)26-23-24(19-10-7-8-11-20(19)31)28-29-25(23)27(32)30(26)14-9-16-33-5-2/h7-8,10-13,17,26,31H,4-6,9,14-16H2,1-3H3,(H,28,29)/t26-/m0/s1. The first-order chi connectivity index (χ1) is 17.1. The van der Waals surface area contributed by atoms with Crippen molar-refractivity contribution in [3.63, 3.8) is 0 Å². The fourth-order valence-electron chi connectivity index (χ4n) is 4.43. The minimum Gasteiger partial charge on any atom is -0.507 e. The van der Waals surface area contributed by atoms with E-state index in [9.17, 15) is 9.90 Å². The lowest BCUT2D eigenvalue weighted by Crippen LogP contribution is -2.31. The maximum atomic E-state index is 13.5. The lowest BCUT2D eigenvalue weighted by atomic mass is 9.95. The molecule has 2 heterocycles. The van der Waals surface area contributed by atoms with Crippen LogP contribution in [0.25, 0.3) is 11.3 Å². The largest absolute Gasteiger partial charge is 0.507 e. The summed E-state index contributed by atoms with van der Waals surface area (Å²) in [7, 11) is 0. The van der Waals surface area contributed by atoms with Crippen LogP contribution in [0, 0.1) is 0 Å². The molecule has 0 bridgehead atoms. The Morgan fingerprint density at radius 3 is 2.60 bits per heavy atom. The fraction of sp³-hybridized carbons (Fsp3) is 0.407. The molecule has 2 aromatic carbocycles. The van der Waals surface area contributed by atoms with Crippen LogP contribution < -0.4 is 9.47 Å². The van der Waals surface area contributed by atoms with E-state index < -0.39 is 6.04 Å². The van der Waals surface area contributed by atoms with Crippen LogP contribution in [0.4, 0.5) is 0 Å². The average molecular weight is 480 g/mol. The van der Waals surface area contributed by atoms with Crippen molar-refractivity contribution in [3.8, 4) is 28.5 Å². The Morgan fingerprint density at radius 2 is 1.86 bits per heavy atom. The van der Waals surface area contributed by atoms with Gasteiger partial charge in [-0.1, -0.05) is 25.1 Å². The number of nitrogens with zero attached hydrogens (tertiary/aromatic N) is 2. The summed E-state index contributed by atoms with van der Waals surface area (Å²) in [4.78, 5) is 15.3. The molecule has 1 aliphatic heterocycles. The number of fused-ring (bicyclic) bond motifs is 1. The summed E-state index contributed by atoms with van der Waals surface area (Å²) < 4.78 is 17.3. The van der Waals surface area contributed by atoms with Crippen LogP contribution in [0.15, 0.2) is 42.5 Å². The number of phenolic OH excluding ortho intramolecular Hbond substituents is 1. The smallest absolute Gasteiger partial charge is 0.273 e. The molecule has 186 valence electrons. The third-order valence-corrected chi connectivity index (χ3v) is 5.96. The molecular formula is C27H33N3O5. The number of amides is 1. The van der Waals surface area contributed by atoms with Crippen molar-refractivity contribution in [2.45, 2.75) is 39.7 Å². The van der Waals surface area contributed by atoms with Crippen LogP contribution in [0.2, 0.25) is 0 Å². The molecule has 8 heteroatoms. The lowest BCUT2D eigenvalue weighted by molar-refractivity contribution is 0.0710. The highest BCUT2D eigenvalue weighted by molar-refractivity contribution is 6.00. The van der Waals surface area contributed by atoms with Gasteiger partial charge in [-0.2, -0.15) is 5.10 Å². The van der Waals surface area contributed by atoms with E-state index in [1.54, 1.807) is 18.2 Å². The van der Waals surface area contributed by atoms with Gasteiger partial charge in [0.1, 0.15) is 17.1 Å². The maximum Gasteiger partial charge on any atom is 0.273 e. The lowest BCUT2D eigenvalue weighted by Gasteiger charge is -2.27. The molecule has 1 atom stereocenters. The van der Waals surface area contributed by atoms with Gasteiger partial charge in [0.05, 0.1) is 19.3 Å². The molecule has 1 amide bonds. The summed E-state index contributed by atoms with van der Waals surface area (Å²) in [5.74, 6) is 1.31. The van der Waals surface area contributed by atoms with E-state index in [0.29, 0.717) is 67.8 Å². The van der Waals surface area contributed by atoms with Gasteiger partial charge in [-0.3, -0.25) is 9.89 Å². The summed E-state index contributed by atoms with van der Waals surface area (Å²) >= 11 is 0. The number of ether oxygens (including phenoxy) is 3. The van der Waals surface area contributed by atoms with Gasteiger partial charge in [-0.15, -0.1) is 0 Å². The van der Waals surface area contributed by atoms with Gasteiger partial charge in [-0.05, 0) is 56.5 Å². The molecule has 1 aromatic heterocycles.